The van der Waals surface area contributed by atoms with Crippen LogP contribution in [0.15, 0.2) is 41.4 Å². The summed E-state index contributed by atoms with van der Waals surface area (Å²) >= 11 is 6.19. The molecule has 0 aliphatic heterocycles. The van der Waals surface area contributed by atoms with Gasteiger partial charge in [0.2, 0.25) is 0 Å². The molecule has 7 heteroatoms. The number of nitrogens with zero attached hydrogens (tertiary/aromatic N) is 2. The van der Waals surface area contributed by atoms with Crippen LogP contribution in [0.1, 0.15) is 76.0 Å². The summed E-state index contributed by atoms with van der Waals surface area (Å²) in [5, 5.41) is 10.7. The first-order chi connectivity index (χ1) is 17.2. The van der Waals surface area contributed by atoms with Gasteiger partial charge in [0.05, 0.1) is 28.0 Å². The van der Waals surface area contributed by atoms with Gasteiger partial charge in [-0.25, -0.2) is 8.42 Å². The monoisotopic (exact) mass is 528 g/mol. The van der Waals surface area contributed by atoms with Crippen molar-refractivity contribution in [2.75, 3.05) is 12.9 Å². The maximum absolute atomic E-state index is 11.6. The van der Waals surface area contributed by atoms with Crippen LogP contribution in [-0.4, -0.2) is 26.3 Å². The number of sulfone groups is 1. The van der Waals surface area contributed by atoms with Crippen molar-refractivity contribution in [3.8, 4) is 11.8 Å². The van der Waals surface area contributed by atoms with E-state index in [2.05, 4.69) is 26.0 Å². The first-order valence-electron chi connectivity index (χ1n) is 13.2. The number of pyridine rings is 1. The lowest BCUT2D eigenvalue weighted by Crippen LogP contribution is -2.15. The number of hydrogen-bond donors (Lipinski definition) is 0. The molecule has 2 saturated carbocycles. The summed E-state index contributed by atoms with van der Waals surface area (Å²) in [4.78, 5) is 5.00. The van der Waals surface area contributed by atoms with Crippen LogP contribution in [0.3, 0.4) is 0 Å². The molecule has 0 N–H and O–H groups in total. The van der Waals surface area contributed by atoms with Crippen molar-refractivity contribution in [3.05, 3.63) is 52.8 Å². The van der Waals surface area contributed by atoms with E-state index in [0.717, 1.165) is 12.8 Å². The molecule has 5 unspecified atom stereocenters. The smallest absolute Gasteiger partial charge is 0.175 e. The summed E-state index contributed by atoms with van der Waals surface area (Å²) in [5.74, 6) is 2.72. The Bertz CT molecular complexity index is 1210. The summed E-state index contributed by atoms with van der Waals surface area (Å²) in [7, 11) is -3.22. The fourth-order valence-corrected chi connectivity index (χ4v) is 7.04. The third-order valence-corrected chi connectivity index (χ3v) is 9.87. The lowest BCUT2D eigenvalue weighted by Gasteiger charge is -2.24. The highest BCUT2D eigenvalue weighted by Crippen LogP contribution is 2.61. The zero-order chi connectivity index (χ0) is 25.9. The molecule has 194 valence electrons. The van der Waals surface area contributed by atoms with Gasteiger partial charge in [0.1, 0.15) is 5.75 Å². The minimum atomic E-state index is -3.22. The van der Waals surface area contributed by atoms with E-state index in [-0.39, 0.29) is 10.3 Å². The van der Waals surface area contributed by atoms with Crippen LogP contribution in [0.2, 0.25) is 5.02 Å². The Morgan fingerprint density at radius 1 is 1.22 bits per heavy atom. The zero-order valence-electron chi connectivity index (χ0n) is 21.5. The average Bonchev–Trinajstić information content (AvgIpc) is 3.62. The lowest BCUT2D eigenvalue weighted by molar-refractivity contribution is 0.266. The Morgan fingerprint density at radius 2 is 1.97 bits per heavy atom. The quantitative estimate of drug-likeness (QED) is 0.327. The molecule has 2 fully saturated rings. The molecule has 1 aromatic heterocycles. The van der Waals surface area contributed by atoms with Gasteiger partial charge in [0.15, 0.2) is 9.84 Å². The molecule has 5 nitrogen and oxygen atoms in total. The molecule has 0 radical (unpaired) electrons. The number of aromatic nitrogens is 1. The first kappa shape index (κ1) is 26.9. The summed E-state index contributed by atoms with van der Waals surface area (Å²) < 4.78 is 29.1. The highest BCUT2D eigenvalue weighted by atomic mass is 35.5. The Morgan fingerprint density at radius 3 is 2.64 bits per heavy atom. The van der Waals surface area contributed by atoms with E-state index >= 15 is 0 Å². The fraction of sp³-hybridized carbons (Fsp3) is 0.586. The van der Waals surface area contributed by atoms with Gasteiger partial charge in [-0.3, -0.25) is 4.98 Å². The molecule has 0 bridgehead atoms. The van der Waals surface area contributed by atoms with Gasteiger partial charge >= 0.3 is 0 Å². The largest absolute Gasteiger partial charge is 0.494 e. The van der Waals surface area contributed by atoms with E-state index in [1.807, 2.05) is 0 Å². The van der Waals surface area contributed by atoms with Gasteiger partial charge in [0, 0.05) is 30.5 Å². The van der Waals surface area contributed by atoms with Crippen molar-refractivity contribution in [1.82, 2.24) is 4.98 Å². The normalized spacial score (nSPS) is 27.0. The maximum atomic E-state index is 11.6. The zero-order valence-corrected chi connectivity index (χ0v) is 23.1. The van der Waals surface area contributed by atoms with Crippen LogP contribution < -0.4 is 4.74 Å². The fourth-order valence-electron chi connectivity index (χ4n) is 6.23. The Hall–Kier alpha value is -2.10. The average molecular weight is 529 g/mol. The molecule has 1 aromatic carbocycles. The first-order valence-corrected chi connectivity index (χ1v) is 15.4. The molecule has 0 amide bonds. The Balaban J connectivity index is 1.31. The van der Waals surface area contributed by atoms with Gasteiger partial charge in [-0.05, 0) is 85.8 Å². The number of rotatable bonds is 9. The highest BCUT2D eigenvalue weighted by Gasteiger charge is 2.57. The second-order valence-corrected chi connectivity index (χ2v) is 13.2. The van der Waals surface area contributed by atoms with E-state index in [1.165, 1.54) is 49.6 Å². The molecule has 1 heterocycles. The summed E-state index contributed by atoms with van der Waals surface area (Å²) in [6, 6.07) is 11.2. The molecular weight excluding hydrogens is 492 g/mol. The van der Waals surface area contributed by atoms with Crippen molar-refractivity contribution in [2.24, 2.45) is 23.2 Å². The summed E-state index contributed by atoms with van der Waals surface area (Å²) in [6.07, 6.45) is 11.6. The van der Waals surface area contributed by atoms with E-state index < -0.39 is 9.84 Å². The van der Waals surface area contributed by atoms with Crippen LogP contribution in [0.4, 0.5) is 0 Å². The molecule has 0 saturated heterocycles. The molecule has 5 atom stereocenters. The molecule has 2 aromatic rings. The van der Waals surface area contributed by atoms with E-state index in [9.17, 15) is 13.7 Å². The number of aryl methyl sites for hydroxylation is 1. The van der Waals surface area contributed by atoms with E-state index in [4.69, 9.17) is 21.3 Å². The van der Waals surface area contributed by atoms with Crippen LogP contribution >= 0.6 is 11.6 Å². The van der Waals surface area contributed by atoms with Crippen LogP contribution in [0, 0.1) is 34.5 Å². The molecular formula is C29H37ClN2O3S. The van der Waals surface area contributed by atoms with E-state index in [1.54, 1.807) is 30.5 Å². The highest BCUT2D eigenvalue weighted by molar-refractivity contribution is 7.90. The van der Waals surface area contributed by atoms with Crippen molar-refractivity contribution in [1.29, 1.82) is 5.26 Å². The molecule has 0 spiro atoms. The third-order valence-electron chi connectivity index (χ3n) is 8.54. The SMILES string of the molecule is CCc1cc(Cl)cnc1C(C)C1CCCC(C2CC2(C#N)CCOc2ccc(S(C)(=O)=O)cc2)CC1. The van der Waals surface area contributed by atoms with Crippen molar-refractivity contribution < 1.29 is 13.2 Å². The van der Waals surface area contributed by atoms with Gasteiger partial charge < -0.3 is 4.74 Å². The van der Waals surface area contributed by atoms with Crippen LogP contribution in [-0.2, 0) is 16.3 Å². The van der Waals surface area contributed by atoms with E-state index in [0.29, 0.717) is 47.5 Å². The minimum absolute atomic E-state index is 0.282. The van der Waals surface area contributed by atoms with Crippen LogP contribution in [0.5, 0.6) is 5.75 Å². The third kappa shape index (κ3) is 6.06. The van der Waals surface area contributed by atoms with Gasteiger partial charge in [0.25, 0.3) is 0 Å². The van der Waals surface area contributed by atoms with Crippen molar-refractivity contribution in [2.45, 2.75) is 76.0 Å². The predicted octanol–water partition coefficient (Wildman–Crippen LogP) is 7.00. The lowest BCUT2D eigenvalue weighted by atomic mass is 9.82. The number of halogens is 1. The summed E-state index contributed by atoms with van der Waals surface area (Å²) in [6.45, 7) is 4.95. The Kier molecular flexibility index (Phi) is 8.32. The molecule has 36 heavy (non-hydrogen) atoms. The number of nitriles is 1. The van der Waals surface area contributed by atoms with Gasteiger partial charge in [-0.1, -0.05) is 38.3 Å². The second-order valence-electron chi connectivity index (χ2n) is 10.8. The van der Waals surface area contributed by atoms with Crippen LogP contribution in [0.25, 0.3) is 0 Å². The van der Waals surface area contributed by atoms with Gasteiger partial charge in [-0.15, -0.1) is 0 Å². The van der Waals surface area contributed by atoms with Gasteiger partial charge in [-0.2, -0.15) is 5.26 Å². The number of hydrogen-bond acceptors (Lipinski definition) is 5. The second kappa shape index (κ2) is 11.1. The number of benzene rings is 1. The molecule has 2 aliphatic carbocycles. The van der Waals surface area contributed by atoms with Crippen molar-refractivity contribution >= 4 is 21.4 Å². The maximum Gasteiger partial charge on any atom is 0.175 e. The number of ether oxygens (including phenoxy) is 1. The standard InChI is InChI=1S/C29H37ClN2O3S/c1-4-21-16-24(30)18-32-28(21)20(2)22-6-5-7-23(9-8-22)27-17-29(27,19-31)14-15-35-25-10-12-26(13-11-25)36(3,33)34/h10-13,16,18,20,22-23,27H,4-9,14-15,17H2,1-3H3. The van der Waals surface area contributed by atoms with Crippen molar-refractivity contribution in [3.63, 3.8) is 0 Å². The summed E-state index contributed by atoms with van der Waals surface area (Å²) in [5.41, 5.74) is 2.17. The topological polar surface area (TPSA) is 80.0 Å². The minimum Gasteiger partial charge on any atom is -0.494 e. The Labute approximate surface area is 221 Å². The molecule has 4 rings (SSSR count). The molecule has 2 aliphatic rings. The predicted molar refractivity (Wildman–Crippen MR) is 143 cm³/mol.